The molecule has 0 aromatic carbocycles. The molecule has 5 aliphatic rings. The van der Waals surface area contributed by atoms with Crippen molar-refractivity contribution < 1.29 is 38.4 Å². The molecule has 0 heterocycles. The zero-order valence-electron chi connectivity index (χ0n) is 20.8. The van der Waals surface area contributed by atoms with Crippen LogP contribution >= 0.6 is 0 Å². The van der Waals surface area contributed by atoms with Crippen LogP contribution in [0.1, 0.15) is 78.6 Å². The first-order valence-electron chi connectivity index (χ1n) is 12.9. The fraction of sp³-hybridized carbons (Fsp3) is 0.885. The summed E-state index contributed by atoms with van der Waals surface area (Å²) in [7, 11) is 0. The van der Waals surface area contributed by atoms with E-state index in [9.17, 15) is 19.5 Å². The maximum Gasteiger partial charge on any atom is 0.332 e. The molecule has 8 heteroatoms. The number of hydrogen-bond donors (Lipinski definition) is 1. The number of rotatable bonds is 10. The van der Waals surface area contributed by atoms with Gasteiger partial charge in [0.15, 0.2) is 6.29 Å². The van der Waals surface area contributed by atoms with Crippen molar-refractivity contribution in [2.24, 2.45) is 35.0 Å². The molecule has 34 heavy (non-hydrogen) atoms. The number of hydrogen-bond acceptors (Lipinski definition) is 8. The van der Waals surface area contributed by atoms with E-state index in [0.29, 0.717) is 12.8 Å². The van der Waals surface area contributed by atoms with Gasteiger partial charge in [-0.1, -0.05) is 12.8 Å². The molecule has 0 radical (unpaired) electrons. The summed E-state index contributed by atoms with van der Waals surface area (Å²) in [6.07, 6.45) is 7.74. The summed E-state index contributed by atoms with van der Waals surface area (Å²) < 4.78 is 21.5. The summed E-state index contributed by atoms with van der Waals surface area (Å²) in [5.41, 5.74) is -0.508. The van der Waals surface area contributed by atoms with Crippen LogP contribution in [0, 0.1) is 35.0 Å². The van der Waals surface area contributed by atoms with Gasteiger partial charge in [0.05, 0.1) is 5.92 Å². The lowest BCUT2D eigenvalue weighted by Crippen LogP contribution is -2.49. The summed E-state index contributed by atoms with van der Waals surface area (Å²) in [5, 5.41) is 10.7. The fourth-order valence-corrected chi connectivity index (χ4v) is 7.48. The fourth-order valence-electron chi connectivity index (χ4n) is 7.48. The number of aliphatic hydroxyl groups is 1. The standard InChI is InChI=1S/C26H40O8/c1-16(27)31-8-9-32-23(29)20-6-4-5-7-21(20)24(30)33-15-22(28)34-25(2,3)26-12-17-10-18(13-26)19(11-17)14-26/h17-21,24,30H,4-15H2,1-3H3. The van der Waals surface area contributed by atoms with Crippen LogP contribution in [0.5, 0.6) is 0 Å². The molecule has 5 unspecified atom stereocenters. The Morgan fingerprint density at radius 3 is 2.29 bits per heavy atom. The van der Waals surface area contributed by atoms with Crippen LogP contribution in [0.3, 0.4) is 0 Å². The van der Waals surface area contributed by atoms with Crippen molar-refractivity contribution in [2.45, 2.75) is 90.4 Å². The Morgan fingerprint density at radius 1 is 1.00 bits per heavy atom. The largest absolute Gasteiger partial charge is 0.462 e. The van der Waals surface area contributed by atoms with Crippen LogP contribution in [-0.2, 0) is 33.3 Å². The van der Waals surface area contributed by atoms with Crippen molar-refractivity contribution in [1.82, 2.24) is 0 Å². The third-order valence-corrected chi connectivity index (χ3v) is 9.06. The monoisotopic (exact) mass is 480 g/mol. The van der Waals surface area contributed by atoms with E-state index in [-0.39, 0.29) is 25.2 Å². The zero-order chi connectivity index (χ0) is 24.5. The lowest BCUT2D eigenvalue weighted by atomic mass is 9.61. The van der Waals surface area contributed by atoms with Gasteiger partial charge in [-0.3, -0.25) is 9.59 Å². The first kappa shape index (κ1) is 25.4. The maximum atomic E-state index is 12.7. The molecule has 5 atom stereocenters. The predicted octanol–water partition coefficient (Wildman–Crippen LogP) is 3.38. The minimum absolute atomic E-state index is 0.00285. The quantitative estimate of drug-likeness (QED) is 0.219. The highest BCUT2D eigenvalue weighted by Gasteiger charge is 2.62. The molecule has 5 saturated carbocycles. The summed E-state index contributed by atoms with van der Waals surface area (Å²) in [6, 6.07) is 0. The van der Waals surface area contributed by atoms with Crippen LogP contribution < -0.4 is 0 Å². The summed E-state index contributed by atoms with van der Waals surface area (Å²) in [4.78, 5) is 36.1. The van der Waals surface area contributed by atoms with Gasteiger partial charge in [-0.25, -0.2) is 4.79 Å². The molecular formula is C26H40O8. The molecule has 0 aromatic rings. The number of esters is 3. The Labute approximate surface area is 202 Å². The van der Waals surface area contributed by atoms with Gasteiger partial charge in [0, 0.05) is 18.3 Å². The van der Waals surface area contributed by atoms with E-state index in [2.05, 4.69) is 0 Å². The van der Waals surface area contributed by atoms with Crippen molar-refractivity contribution in [3.63, 3.8) is 0 Å². The van der Waals surface area contributed by atoms with E-state index in [1.54, 1.807) is 0 Å². The molecule has 0 spiro atoms. The number of ether oxygens (including phenoxy) is 4. The van der Waals surface area contributed by atoms with E-state index in [1.165, 1.54) is 19.8 Å². The van der Waals surface area contributed by atoms with Crippen LogP contribution in [0.25, 0.3) is 0 Å². The number of aliphatic hydroxyl groups excluding tert-OH is 1. The third-order valence-electron chi connectivity index (χ3n) is 9.06. The summed E-state index contributed by atoms with van der Waals surface area (Å²) in [6.45, 7) is 4.98. The van der Waals surface area contributed by atoms with Crippen molar-refractivity contribution in [3.05, 3.63) is 0 Å². The average Bonchev–Trinajstić information content (AvgIpc) is 3.21. The van der Waals surface area contributed by atoms with Gasteiger partial charge in [0.2, 0.25) is 0 Å². The van der Waals surface area contributed by atoms with Crippen molar-refractivity contribution in [2.75, 3.05) is 19.8 Å². The van der Waals surface area contributed by atoms with E-state index in [0.717, 1.165) is 49.9 Å². The van der Waals surface area contributed by atoms with Gasteiger partial charge in [-0.05, 0) is 76.5 Å². The Balaban J connectivity index is 1.25. The Bertz CT molecular complexity index is 757. The molecule has 8 nitrogen and oxygen atoms in total. The van der Waals surface area contributed by atoms with Crippen molar-refractivity contribution in [3.8, 4) is 0 Å². The highest BCUT2D eigenvalue weighted by atomic mass is 16.6. The Morgan fingerprint density at radius 2 is 1.65 bits per heavy atom. The van der Waals surface area contributed by atoms with Gasteiger partial charge in [-0.2, -0.15) is 0 Å². The zero-order valence-corrected chi connectivity index (χ0v) is 20.8. The van der Waals surface area contributed by atoms with Gasteiger partial charge in [0.25, 0.3) is 0 Å². The highest BCUT2D eigenvalue weighted by molar-refractivity contribution is 5.73. The number of carbonyl (C=O) groups excluding carboxylic acids is 3. The van der Waals surface area contributed by atoms with E-state index in [1.807, 2.05) is 13.8 Å². The summed E-state index contributed by atoms with van der Waals surface area (Å²) >= 11 is 0. The van der Waals surface area contributed by atoms with Gasteiger partial charge < -0.3 is 24.1 Å². The first-order chi connectivity index (χ1) is 16.1. The van der Waals surface area contributed by atoms with Gasteiger partial charge >= 0.3 is 17.9 Å². The molecule has 5 fully saturated rings. The molecule has 4 bridgehead atoms. The minimum atomic E-state index is -1.25. The Kier molecular flexibility index (Phi) is 7.58. The van der Waals surface area contributed by atoms with Gasteiger partial charge in [-0.15, -0.1) is 0 Å². The lowest BCUT2D eigenvalue weighted by molar-refractivity contribution is -0.200. The lowest BCUT2D eigenvalue weighted by Gasteiger charge is -2.48. The molecule has 0 aliphatic heterocycles. The molecule has 0 amide bonds. The van der Waals surface area contributed by atoms with Crippen molar-refractivity contribution in [1.29, 1.82) is 0 Å². The topological polar surface area (TPSA) is 108 Å². The summed E-state index contributed by atoms with van der Waals surface area (Å²) in [5.74, 6) is 0.0287. The first-order valence-corrected chi connectivity index (χ1v) is 12.9. The third kappa shape index (κ3) is 5.27. The number of carbonyl (C=O) groups is 3. The molecule has 0 aromatic heterocycles. The molecule has 5 aliphatic carbocycles. The maximum absolute atomic E-state index is 12.7. The smallest absolute Gasteiger partial charge is 0.332 e. The molecular weight excluding hydrogens is 440 g/mol. The molecule has 5 rings (SSSR count). The van der Waals surface area contributed by atoms with E-state index < -0.39 is 41.6 Å². The second-order valence-electron chi connectivity index (χ2n) is 11.5. The van der Waals surface area contributed by atoms with Crippen LogP contribution in [0.15, 0.2) is 0 Å². The molecule has 0 saturated heterocycles. The highest BCUT2D eigenvalue weighted by Crippen LogP contribution is 2.68. The van der Waals surface area contributed by atoms with E-state index >= 15 is 0 Å². The Hall–Kier alpha value is -1.67. The van der Waals surface area contributed by atoms with Gasteiger partial charge in [0.1, 0.15) is 25.4 Å². The van der Waals surface area contributed by atoms with E-state index in [4.69, 9.17) is 18.9 Å². The van der Waals surface area contributed by atoms with Crippen LogP contribution in [0.2, 0.25) is 0 Å². The molecule has 1 N–H and O–H groups in total. The van der Waals surface area contributed by atoms with Crippen LogP contribution in [-0.4, -0.2) is 54.7 Å². The second kappa shape index (κ2) is 10.1. The van der Waals surface area contributed by atoms with Crippen molar-refractivity contribution >= 4 is 17.9 Å². The van der Waals surface area contributed by atoms with Crippen LogP contribution in [0.4, 0.5) is 0 Å². The minimum Gasteiger partial charge on any atom is -0.462 e. The SMILES string of the molecule is CC(=O)OCCOC(=O)C1CCCCC1C(O)OCC(=O)OC(C)(C)C12CC3CC(C1)C(C3)C2. The normalized spacial score (nSPS) is 35.1. The second-order valence-corrected chi connectivity index (χ2v) is 11.5. The molecule has 192 valence electrons. The predicted molar refractivity (Wildman–Crippen MR) is 121 cm³/mol. The average molecular weight is 481 g/mol.